The van der Waals surface area contributed by atoms with Gasteiger partial charge < -0.3 is 4.74 Å². The molecule has 0 atom stereocenters. The molecule has 0 fully saturated rings. The van der Waals surface area contributed by atoms with Gasteiger partial charge in [-0.15, -0.1) is 0 Å². The maximum absolute atomic E-state index is 12.3. The maximum atomic E-state index is 12.3. The highest BCUT2D eigenvalue weighted by molar-refractivity contribution is 9.10. The van der Waals surface area contributed by atoms with E-state index in [1.807, 2.05) is 61.0 Å². The minimum Gasteiger partial charge on any atom is -0.488 e. The quantitative estimate of drug-likeness (QED) is 0.438. The predicted octanol–water partition coefficient (Wildman–Crippen LogP) is 4.34. The minimum atomic E-state index is -0.255. The van der Waals surface area contributed by atoms with Crippen LogP contribution in [0.1, 0.15) is 28.5 Å². The average molecular weight is 441 g/mol. The molecular formula is C21H21BrN4O2. The molecule has 7 heteroatoms. The zero-order valence-electron chi connectivity index (χ0n) is 15.7. The summed E-state index contributed by atoms with van der Waals surface area (Å²) in [4.78, 5) is 12.3. The normalized spacial score (nSPS) is 11.3. The van der Waals surface area contributed by atoms with E-state index in [1.54, 1.807) is 18.3 Å². The van der Waals surface area contributed by atoms with Gasteiger partial charge in [0.15, 0.2) is 0 Å². The molecule has 0 aliphatic heterocycles. The molecule has 0 radical (unpaired) electrons. The molecule has 1 amide bonds. The third kappa shape index (κ3) is 5.29. The first-order valence-electron chi connectivity index (χ1n) is 8.81. The molecule has 3 rings (SSSR count). The van der Waals surface area contributed by atoms with E-state index in [0.717, 1.165) is 27.2 Å². The Morgan fingerprint density at radius 2 is 1.93 bits per heavy atom. The molecule has 0 aliphatic rings. The lowest BCUT2D eigenvalue weighted by atomic mass is 10.1. The van der Waals surface area contributed by atoms with E-state index in [1.165, 1.54) is 0 Å². The number of carbonyl (C=O) groups excluding carboxylic acids is 1. The van der Waals surface area contributed by atoms with Crippen molar-refractivity contribution in [1.82, 2.24) is 15.2 Å². The number of nitrogens with zero attached hydrogens (tertiary/aromatic N) is 3. The Labute approximate surface area is 172 Å². The second-order valence-electron chi connectivity index (χ2n) is 6.33. The topological polar surface area (TPSA) is 68.5 Å². The summed E-state index contributed by atoms with van der Waals surface area (Å²) in [5.74, 6) is 0.524. The monoisotopic (exact) mass is 440 g/mol. The Bertz CT molecular complexity index is 980. The summed E-state index contributed by atoms with van der Waals surface area (Å²) in [5, 5.41) is 8.35. The van der Waals surface area contributed by atoms with Crippen LogP contribution in [0.3, 0.4) is 0 Å². The number of hydrogen-bond donors (Lipinski definition) is 1. The van der Waals surface area contributed by atoms with E-state index >= 15 is 0 Å². The fourth-order valence-electron chi connectivity index (χ4n) is 2.50. The molecule has 0 saturated heterocycles. The first-order valence-corrected chi connectivity index (χ1v) is 9.60. The van der Waals surface area contributed by atoms with Gasteiger partial charge in [-0.1, -0.05) is 24.3 Å². The number of rotatable bonds is 7. The summed E-state index contributed by atoms with van der Waals surface area (Å²) in [6, 6.07) is 16.9. The molecule has 0 aliphatic carbocycles. The highest BCUT2D eigenvalue weighted by Gasteiger charge is 2.06. The number of carbonyl (C=O) groups is 1. The Morgan fingerprint density at radius 1 is 1.18 bits per heavy atom. The van der Waals surface area contributed by atoms with Crippen LogP contribution in [0.4, 0.5) is 0 Å². The van der Waals surface area contributed by atoms with Crippen molar-refractivity contribution in [3.63, 3.8) is 0 Å². The number of benzene rings is 2. The second kappa shape index (κ2) is 9.32. The lowest BCUT2D eigenvalue weighted by molar-refractivity contribution is 0.0954. The summed E-state index contributed by atoms with van der Waals surface area (Å²) in [5.41, 5.74) is 5.90. The van der Waals surface area contributed by atoms with Crippen LogP contribution in [0, 0.1) is 6.92 Å². The fraction of sp³-hybridized carbons (Fsp3) is 0.190. The van der Waals surface area contributed by atoms with Crippen molar-refractivity contribution < 1.29 is 9.53 Å². The zero-order chi connectivity index (χ0) is 19.9. The molecule has 2 aromatic carbocycles. The van der Waals surface area contributed by atoms with E-state index in [-0.39, 0.29) is 5.91 Å². The van der Waals surface area contributed by atoms with Crippen molar-refractivity contribution in [2.75, 3.05) is 0 Å². The molecule has 0 unspecified atom stereocenters. The van der Waals surface area contributed by atoms with Gasteiger partial charge in [-0.3, -0.25) is 9.48 Å². The van der Waals surface area contributed by atoms with Crippen LogP contribution in [-0.2, 0) is 13.2 Å². The standard InChI is InChI=1S/C21H21BrN4O2/c1-15(13-26-16(2)11-12-23-26)24-25-21(27)18-9-7-17(8-10-18)14-28-20-6-4-3-5-19(20)22/h3-12H,13-14H2,1-2H3,(H,25,27)/b24-15+. The number of aryl methyl sites for hydroxylation is 1. The molecule has 3 aromatic rings. The van der Waals surface area contributed by atoms with Gasteiger partial charge in [-0.05, 0) is 65.7 Å². The van der Waals surface area contributed by atoms with E-state index in [2.05, 4.69) is 31.6 Å². The van der Waals surface area contributed by atoms with Gasteiger partial charge in [0.05, 0.1) is 16.7 Å². The molecule has 1 heterocycles. The van der Waals surface area contributed by atoms with Gasteiger partial charge in [0, 0.05) is 17.5 Å². The highest BCUT2D eigenvalue weighted by atomic mass is 79.9. The van der Waals surface area contributed by atoms with E-state index in [9.17, 15) is 4.79 Å². The number of halogens is 1. The Hall–Kier alpha value is -2.93. The van der Waals surface area contributed by atoms with Gasteiger partial charge in [0.1, 0.15) is 12.4 Å². The third-order valence-corrected chi connectivity index (χ3v) is 4.76. The Balaban J connectivity index is 1.54. The first-order chi connectivity index (χ1) is 13.5. The summed E-state index contributed by atoms with van der Waals surface area (Å²) in [6.07, 6.45) is 1.74. The van der Waals surface area contributed by atoms with Crippen LogP contribution in [0.5, 0.6) is 5.75 Å². The average Bonchev–Trinajstić information content (AvgIpc) is 3.10. The number of para-hydroxylation sites is 1. The van der Waals surface area contributed by atoms with E-state index < -0.39 is 0 Å². The minimum absolute atomic E-state index is 0.255. The lowest BCUT2D eigenvalue weighted by Crippen LogP contribution is -2.21. The van der Waals surface area contributed by atoms with Crippen LogP contribution >= 0.6 is 15.9 Å². The summed E-state index contributed by atoms with van der Waals surface area (Å²) in [7, 11) is 0. The van der Waals surface area contributed by atoms with Crippen molar-refractivity contribution in [3.8, 4) is 5.75 Å². The van der Waals surface area contributed by atoms with E-state index in [4.69, 9.17) is 4.74 Å². The van der Waals surface area contributed by atoms with Crippen LogP contribution in [0.25, 0.3) is 0 Å². The van der Waals surface area contributed by atoms with Gasteiger partial charge in [-0.25, -0.2) is 5.43 Å². The SMILES string of the molecule is C/C(Cn1nccc1C)=N\NC(=O)c1ccc(COc2ccccc2Br)cc1. The number of nitrogens with one attached hydrogen (secondary N) is 1. The molecule has 0 spiro atoms. The molecule has 28 heavy (non-hydrogen) atoms. The Morgan fingerprint density at radius 3 is 2.61 bits per heavy atom. The molecular weight excluding hydrogens is 420 g/mol. The lowest BCUT2D eigenvalue weighted by Gasteiger charge is -2.08. The van der Waals surface area contributed by atoms with Crippen molar-refractivity contribution in [2.24, 2.45) is 5.10 Å². The van der Waals surface area contributed by atoms with Gasteiger partial charge >= 0.3 is 0 Å². The molecule has 0 saturated carbocycles. The number of aromatic nitrogens is 2. The van der Waals surface area contributed by atoms with Gasteiger partial charge in [0.25, 0.3) is 5.91 Å². The van der Waals surface area contributed by atoms with Crippen molar-refractivity contribution in [2.45, 2.75) is 27.0 Å². The third-order valence-electron chi connectivity index (χ3n) is 4.10. The predicted molar refractivity (Wildman–Crippen MR) is 112 cm³/mol. The molecule has 6 nitrogen and oxygen atoms in total. The van der Waals surface area contributed by atoms with Crippen LogP contribution < -0.4 is 10.2 Å². The van der Waals surface area contributed by atoms with Crippen molar-refractivity contribution >= 4 is 27.5 Å². The fourth-order valence-corrected chi connectivity index (χ4v) is 2.90. The van der Waals surface area contributed by atoms with Crippen LogP contribution in [0.15, 0.2) is 70.4 Å². The highest BCUT2D eigenvalue weighted by Crippen LogP contribution is 2.24. The van der Waals surface area contributed by atoms with Crippen molar-refractivity contribution in [1.29, 1.82) is 0 Å². The molecule has 0 bridgehead atoms. The first kappa shape index (κ1) is 19.8. The zero-order valence-corrected chi connectivity index (χ0v) is 17.3. The van der Waals surface area contributed by atoms with Crippen LogP contribution in [-0.4, -0.2) is 21.4 Å². The molecule has 1 aromatic heterocycles. The molecule has 1 N–H and O–H groups in total. The smallest absolute Gasteiger partial charge is 0.271 e. The summed E-state index contributed by atoms with van der Waals surface area (Å²) < 4.78 is 8.52. The maximum Gasteiger partial charge on any atom is 0.271 e. The summed E-state index contributed by atoms with van der Waals surface area (Å²) in [6.45, 7) is 4.78. The van der Waals surface area contributed by atoms with Gasteiger partial charge in [-0.2, -0.15) is 10.2 Å². The molecule has 144 valence electrons. The summed E-state index contributed by atoms with van der Waals surface area (Å²) >= 11 is 3.46. The van der Waals surface area contributed by atoms with Gasteiger partial charge in [0.2, 0.25) is 0 Å². The number of hydrazone groups is 1. The number of hydrogen-bond acceptors (Lipinski definition) is 4. The number of ether oxygens (including phenoxy) is 1. The van der Waals surface area contributed by atoms with Crippen LogP contribution in [0.2, 0.25) is 0 Å². The largest absolute Gasteiger partial charge is 0.488 e. The Kier molecular flexibility index (Phi) is 6.60. The van der Waals surface area contributed by atoms with E-state index in [0.29, 0.717) is 18.7 Å². The number of amides is 1. The second-order valence-corrected chi connectivity index (χ2v) is 7.19. The van der Waals surface area contributed by atoms with Crippen molar-refractivity contribution in [3.05, 3.63) is 82.1 Å².